The Morgan fingerprint density at radius 2 is 1.79 bits per heavy atom. The number of ether oxygens (including phenoxy) is 1. The largest absolute Gasteiger partial charge is 0.457 e. The molecule has 6 heteroatoms. The fourth-order valence-corrected chi connectivity index (χ4v) is 3.19. The zero-order valence-electron chi connectivity index (χ0n) is 15.7. The van der Waals surface area contributed by atoms with E-state index in [0.717, 1.165) is 23.5 Å². The highest BCUT2D eigenvalue weighted by atomic mass is 16.5. The smallest absolute Gasteiger partial charge is 0.228 e. The molecule has 2 heterocycles. The average molecular weight is 374 g/mol. The highest BCUT2D eigenvalue weighted by Gasteiger charge is 2.23. The number of amides is 1. The van der Waals surface area contributed by atoms with Crippen molar-refractivity contribution in [2.24, 2.45) is 0 Å². The van der Waals surface area contributed by atoms with Crippen LogP contribution in [0.1, 0.15) is 31.4 Å². The molecule has 1 amide bonds. The van der Waals surface area contributed by atoms with Gasteiger partial charge in [0.1, 0.15) is 17.3 Å². The molecule has 1 fully saturated rings. The maximum atomic E-state index is 11.9. The Labute approximate surface area is 164 Å². The van der Waals surface area contributed by atoms with Gasteiger partial charge >= 0.3 is 0 Å². The van der Waals surface area contributed by atoms with Crippen molar-refractivity contribution in [1.82, 2.24) is 9.97 Å². The summed E-state index contributed by atoms with van der Waals surface area (Å²) in [5.41, 5.74) is 1.09. The van der Waals surface area contributed by atoms with Crippen molar-refractivity contribution in [1.29, 1.82) is 0 Å². The minimum atomic E-state index is 0.00954. The zero-order chi connectivity index (χ0) is 19.3. The lowest BCUT2D eigenvalue weighted by atomic mass is 10.1. The molecule has 1 aliphatic heterocycles. The third-order valence-corrected chi connectivity index (χ3v) is 4.70. The monoisotopic (exact) mass is 374 g/mol. The second kappa shape index (κ2) is 8.08. The molecule has 142 valence electrons. The molecule has 3 aromatic rings. The van der Waals surface area contributed by atoms with Crippen LogP contribution in [0.5, 0.6) is 11.5 Å². The second-order valence-corrected chi connectivity index (χ2v) is 6.74. The summed E-state index contributed by atoms with van der Waals surface area (Å²) in [6.07, 6.45) is 3.14. The molecule has 0 saturated carbocycles. The molecule has 0 aliphatic carbocycles. The number of hydrogen-bond acceptors (Lipinski definition) is 5. The van der Waals surface area contributed by atoms with Gasteiger partial charge in [0.2, 0.25) is 11.9 Å². The fourth-order valence-electron chi connectivity index (χ4n) is 3.19. The summed E-state index contributed by atoms with van der Waals surface area (Å²) in [7, 11) is 0. The van der Waals surface area contributed by atoms with Crippen molar-refractivity contribution in [2.75, 3.05) is 16.8 Å². The first kappa shape index (κ1) is 18.0. The van der Waals surface area contributed by atoms with Crippen LogP contribution in [0, 0.1) is 0 Å². The van der Waals surface area contributed by atoms with Crippen molar-refractivity contribution >= 4 is 17.7 Å². The van der Waals surface area contributed by atoms with Crippen molar-refractivity contribution in [3.63, 3.8) is 0 Å². The van der Waals surface area contributed by atoms with Crippen molar-refractivity contribution in [3.8, 4) is 11.5 Å². The number of carbonyl (C=O) groups excluding carboxylic acids is 1. The molecule has 28 heavy (non-hydrogen) atoms. The molecule has 1 atom stereocenters. The highest BCUT2D eigenvalue weighted by molar-refractivity contribution is 5.94. The number of anilines is 2. The second-order valence-electron chi connectivity index (χ2n) is 6.74. The summed E-state index contributed by atoms with van der Waals surface area (Å²) in [5, 5.41) is 3.31. The molecular weight excluding hydrogens is 352 g/mol. The van der Waals surface area contributed by atoms with Gasteiger partial charge in [-0.05, 0) is 49.2 Å². The number of carbonyl (C=O) groups is 1. The van der Waals surface area contributed by atoms with Crippen LogP contribution in [0.15, 0.2) is 66.9 Å². The van der Waals surface area contributed by atoms with Gasteiger partial charge in [-0.1, -0.05) is 30.3 Å². The van der Waals surface area contributed by atoms with Crippen LogP contribution in [0.3, 0.4) is 0 Å². The molecule has 0 spiro atoms. The zero-order valence-corrected chi connectivity index (χ0v) is 15.7. The first-order valence-electron chi connectivity index (χ1n) is 9.42. The van der Waals surface area contributed by atoms with E-state index in [2.05, 4.69) is 15.3 Å². The molecule has 1 N–H and O–H groups in total. The summed E-state index contributed by atoms with van der Waals surface area (Å²) >= 11 is 0. The Morgan fingerprint density at radius 1 is 1.04 bits per heavy atom. The predicted molar refractivity (Wildman–Crippen MR) is 109 cm³/mol. The third-order valence-electron chi connectivity index (χ3n) is 4.70. The molecule has 4 rings (SSSR count). The summed E-state index contributed by atoms with van der Waals surface area (Å²) in [6, 6.07) is 19.4. The van der Waals surface area contributed by atoms with Gasteiger partial charge in [0.15, 0.2) is 0 Å². The van der Waals surface area contributed by atoms with Gasteiger partial charge in [0, 0.05) is 19.2 Å². The van der Waals surface area contributed by atoms with E-state index in [1.807, 2.05) is 61.5 Å². The van der Waals surface area contributed by atoms with Gasteiger partial charge in [-0.15, -0.1) is 0 Å². The molecule has 6 nitrogen and oxygen atoms in total. The summed E-state index contributed by atoms with van der Waals surface area (Å²) < 4.78 is 5.83. The summed E-state index contributed by atoms with van der Waals surface area (Å²) in [4.78, 5) is 22.4. The minimum absolute atomic E-state index is 0.00954. The Kier molecular flexibility index (Phi) is 5.19. The van der Waals surface area contributed by atoms with E-state index < -0.39 is 0 Å². The van der Waals surface area contributed by atoms with E-state index in [4.69, 9.17) is 4.74 Å². The Morgan fingerprint density at radius 3 is 2.50 bits per heavy atom. The lowest BCUT2D eigenvalue weighted by Crippen LogP contribution is -2.25. The van der Waals surface area contributed by atoms with Crippen LogP contribution >= 0.6 is 0 Å². The van der Waals surface area contributed by atoms with Crippen molar-refractivity contribution in [2.45, 2.75) is 25.8 Å². The third kappa shape index (κ3) is 4.11. The Bertz CT molecular complexity index is 944. The number of nitrogens with one attached hydrogen (secondary N) is 1. The van der Waals surface area contributed by atoms with Gasteiger partial charge < -0.3 is 10.1 Å². The van der Waals surface area contributed by atoms with Gasteiger partial charge in [-0.3, -0.25) is 9.69 Å². The van der Waals surface area contributed by atoms with Crippen molar-refractivity contribution in [3.05, 3.63) is 72.4 Å². The van der Waals surface area contributed by atoms with E-state index in [1.54, 1.807) is 17.2 Å². The van der Waals surface area contributed by atoms with E-state index in [1.165, 1.54) is 0 Å². The quantitative estimate of drug-likeness (QED) is 0.685. The standard InChI is InChI=1S/C22H22N4O2/c1-16(17-9-11-19(12-10-17)28-18-6-3-2-4-7-18)24-22-23-14-13-20(25-22)26-15-5-8-21(26)27/h2-4,6-7,9-14,16H,5,8,15H2,1H3,(H,23,24,25)/t16-/m0/s1. The van der Waals surface area contributed by atoms with Crippen LogP contribution in [0.2, 0.25) is 0 Å². The Hall–Kier alpha value is -3.41. The van der Waals surface area contributed by atoms with E-state index >= 15 is 0 Å². The number of benzene rings is 2. The van der Waals surface area contributed by atoms with Gasteiger partial charge in [0.05, 0.1) is 6.04 Å². The number of hydrogen-bond donors (Lipinski definition) is 1. The normalized spacial score (nSPS) is 14.8. The van der Waals surface area contributed by atoms with Crippen molar-refractivity contribution < 1.29 is 9.53 Å². The number of aromatic nitrogens is 2. The lowest BCUT2D eigenvalue weighted by Gasteiger charge is -2.18. The van der Waals surface area contributed by atoms with Crippen LogP contribution in [-0.2, 0) is 4.79 Å². The van der Waals surface area contributed by atoms with E-state index in [9.17, 15) is 4.79 Å². The summed E-state index contributed by atoms with van der Waals surface area (Å²) in [5.74, 6) is 2.87. The maximum Gasteiger partial charge on any atom is 0.228 e. The molecule has 1 saturated heterocycles. The maximum absolute atomic E-state index is 11.9. The first-order chi connectivity index (χ1) is 13.7. The van der Waals surface area contributed by atoms with Gasteiger partial charge in [-0.2, -0.15) is 4.98 Å². The number of rotatable bonds is 6. The minimum Gasteiger partial charge on any atom is -0.457 e. The molecule has 1 aliphatic rings. The topological polar surface area (TPSA) is 67.4 Å². The predicted octanol–water partition coefficient (Wildman–Crippen LogP) is 4.57. The van der Waals surface area contributed by atoms with E-state index in [0.29, 0.717) is 24.7 Å². The molecule has 0 bridgehead atoms. The average Bonchev–Trinajstić information content (AvgIpc) is 3.15. The SMILES string of the molecule is C[C@H](Nc1nccc(N2CCCC2=O)n1)c1ccc(Oc2ccccc2)cc1. The number of nitrogens with zero attached hydrogens (tertiary/aromatic N) is 3. The molecule has 0 radical (unpaired) electrons. The molecule has 2 aromatic carbocycles. The van der Waals surface area contributed by atoms with Crippen LogP contribution in [0.25, 0.3) is 0 Å². The number of para-hydroxylation sites is 1. The van der Waals surface area contributed by atoms with Crippen LogP contribution in [0.4, 0.5) is 11.8 Å². The molecule has 0 unspecified atom stereocenters. The van der Waals surface area contributed by atoms with Crippen LogP contribution < -0.4 is 15.0 Å². The highest BCUT2D eigenvalue weighted by Crippen LogP contribution is 2.25. The summed E-state index contributed by atoms with van der Waals surface area (Å²) in [6.45, 7) is 2.76. The van der Waals surface area contributed by atoms with Gasteiger partial charge in [0.25, 0.3) is 0 Å². The Balaban J connectivity index is 1.42. The lowest BCUT2D eigenvalue weighted by molar-refractivity contribution is -0.117. The van der Waals surface area contributed by atoms with E-state index in [-0.39, 0.29) is 11.9 Å². The molecular formula is C22H22N4O2. The van der Waals surface area contributed by atoms with Crippen LogP contribution in [-0.4, -0.2) is 22.4 Å². The molecule has 1 aromatic heterocycles. The fraction of sp³-hybridized carbons (Fsp3) is 0.227. The first-order valence-corrected chi connectivity index (χ1v) is 9.42. The van der Waals surface area contributed by atoms with Gasteiger partial charge in [-0.25, -0.2) is 4.98 Å².